The van der Waals surface area contributed by atoms with Crippen molar-refractivity contribution >= 4 is 11.6 Å². The molecule has 3 aromatic rings. The molecule has 4 nitrogen and oxygen atoms in total. The van der Waals surface area contributed by atoms with Gasteiger partial charge in [-0.15, -0.1) is 10.2 Å². The number of allylic oxidation sites excluding steroid dienone is 2. The highest BCUT2D eigenvalue weighted by Gasteiger charge is 2.03. The molecule has 0 amide bonds. The van der Waals surface area contributed by atoms with Gasteiger partial charge in [-0.1, -0.05) is 67.3 Å². The highest BCUT2D eigenvalue weighted by atomic mass is 15.5. The molecular weight excluding hydrogens is 272 g/mol. The van der Waals surface area contributed by atoms with Crippen molar-refractivity contribution in [1.82, 2.24) is 20.6 Å². The number of aryl methyl sites for hydroxylation is 1. The van der Waals surface area contributed by atoms with Crippen LogP contribution in [0, 0.1) is 6.92 Å². The summed E-state index contributed by atoms with van der Waals surface area (Å²) in [5, 5.41) is 13.9. The maximum absolute atomic E-state index is 4.13. The third kappa shape index (κ3) is 3.01. The number of hydrogen-bond acceptors (Lipinski definition) is 3. The highest BCUT2D eigenvalue weighted by Crippen LogP contribution is 2.20. The van der Waals surface area contributed by atoms with Gasteiger partial charge in [0.1, 0.15) is 0 Å². The second kappa shape index (κ2) is 6.18. The van der Waals surface area contributed by atoms with Crippen LogP contribution in [0.4, 0.5) is 0 Å². The van der Waals surface area contributed by atoms with E-state index in [9.17, 15) is 0 Å². The standard InChI is InChI=1S/C18H16N4/c1-13-5-3-4-6-15(13)8-7-14(2)16-9-11-17(12-10-16)18-19-21-22-20-18/h3-12H,2H2,1H3,(H,19,20,21,22)/b8-7-. The van der Waals surface area contributed by atoms with Crippen LogP contribution in [0.1, 0.15) is 16.7 Å². The van der Waals surface area contributed by atoms with Gasteiger partial charge in [0, 0.05) is 5.56 Å². The van der Waals surface area contributed by atoms with Crippen molar-refractivity contribution in [1.29, 1.82) is 0 Å². The third-order valence-corrected chi connectivity index (χ3v) is 3.51. The topological polar surface area (TPSA) is 54.5 Å². The number of aromatic amines is 1. The summed E-state index contributed by atoms with van der Waals surface area (Å²) in [5.74, 6) is 0.590. The van der Waals surface area contributed by atoms with Crippen molar-refractivity contribution in [2.75, 3.05) is 0 Å². The molecule has 22 heavy (non-hydrogen) atoms. The fourth-order valence-electron chi connectivity index (χ4n) is 2.18. The Hall–Kier alpha value is -3.01. The predicted molar refractivity (Wildman–Crippen MR) is 88.9 cm³/mol. The maximum atomic E-state index is 4.13. The summed E-state index contributed by atoms with van der Waals surface area (Å²) in [4.78, 5) is 0. The molecule has 2 aromatic carbocycles. The van der Waals surface area contributed by atoms with Crippen molar-refractivity contribution in [2.45, 2.75) is 6.92 Å². The predicted octanol–water partition coefficient (Wildman–Crippen LogP) is 3.90. The van der Waals surface area contributed by atoms with Crippen LogP contribution >= 0.6 is 0 Å². The van der Waals surface area contributed by atoms with Crippen molar-refractivity contribution < 1.29 is 0 Å². The van der Waals surface area contributed by atoms with E-state index in [1.165, 1.54) is 11.1 Å². The van der Waals surface area contributed by atoms with E-state index in [1.807, 2.05) is 42.5 Å². The second-order valence-electron chi connectivity index (χ2n) is 5.03. The van der Waals surface area contributed by atoms with Crippen LogP contribution in [0.25, 0.3) is 23.0 Å². The quantitative estimate of drug-likeness (QED) is 0.741. The molecule has 0 bridgehead atoms. The summed E-state index contributed by atoms with van der Waals surface area (Å²) in [6.45, 7) is 6.22. The number of H-pyrrole nitrogens is 1. The normalized spacial score (nSPS) is 11.0. The number of nitrogens with zero attached hydrogens (tertiary/aromatic N) is 3. The van der Waals surface area contributed by atoms with Gasteiger partial charge >= 0.3 is 0 Å². The first kappa shape index (κ1) is 13.9. The van der Waals surface area contributed by atoms with Gasteiger partial charge in [0.15, 0.2) is 0 Å². The average molecular weight is 288 g/mol. The van der Waals surface area contributed by atoms with Crippen LogP contribution < -0.4 is 0 Å². The summed E-state index contributed by atoms with van der Waals surface area (Å²) in [6, 6.07) is 16.2. The first-order valence-electron chi connectivity index (χ1n) is 7.01. The molecule has 0 radical (unpaired) electrons. The molecule has 0 unspecified atom stereocenters. The lowest BCUT2D eigenvalue weighted by Crippen LogP contribution is -1.84. The third-order valence-electron chi connectivity index (χ3n) is 3.51. The maximum Gasteiger partial charge on any atom is 0.204 e. The largest absolute Gasteiger partial charge is 0.204 e. The van der Waals surface area contributed by atoms with E-state index in [1.54, 1.807) is 0 Å². The monoisotopic (exact) mass is 288 g/mol. The van der Waals surface area contributed by atoms with E-state index in [4.69, 9.17) is 0 Å². The van der Waals surface area contributed by atoms with Gasteiger partial charge in [-0.05, 0) is 34.4 Å². The minimum absolute atomic E-state index is 0.590. The molecular formula is C18H16N4. The van der Waals surface area contributed by atoms with Gasteiger partial charge in [0.05, 0.1) is 0 Å². The highest BCUT2D eigenvalue weighted by molar-refractivity contribution is 5.78. The Morgan fingerprint density at radius 1 is 1.09 bits per heavy atom. The Labute approximate surface area is 129 Å². The van der Waals surface area contributed by atoms with Crippen molar-refractivity contribution in [3.63, 3.8) is 0 Å². The molecule has 0 fully saturated rings. The minimum Gasteiger partial charge on any atom is -0.177 e. The summed E-state index contributed by atoms with van der Waals surface area (Å²) in [7, 11) is 0. The molecule has 108 valence electrons. The van der Waals surface area contributed by atoms with E-state index >= 15 is 0 Å². The van der Waals surface area contributed by atoms with Gasteiger partial charge in [0.25, 0.3) is 0 Å². The molecule has 1 aromatic heterocycles. The molecule has 1 N–H and O–H groups in total. The lowest BCUT2D eigenvalue weighted by Gasteiger charge is -2.03. The summed E-state index contributed by atoms with van der Waals surface area (Å²) in [6.07, 6.45) is 4.12. The van der Waals surface area contributed by atoms with Gasteiger partial charge in [-0.25, -0.2) is 0 Å². The second-order valence-corrected chi connectivity index (χ2v) is 5.03. The Morgan fingerprint density at radius 2 is 1.86 bits per heavy atom. The molecule has 0 aliphatic rings. The first-order chi connectivity index (χ1) is 10.7. The fourth-order valence-corrected chi connectivity index (χ4v) is 2.18. The van der Waals surface area contributed by atoms with E-state index in [2.05, 4.69) is 52.3 Å². The Bertz CT molecular complexity index is 799. The van der Waals surface area contributed by atoms with E-state index < -0.39 is 0 Å². The SMILES string of the molecule is C=C(/C=C\c1ccccc1C)c1ccc(-c2nn[nH]n2)cc1. The van der Waals surface area contributed by atoms with Crippen LogP contribution in [0.15, 0.2) is 61.2 Å². The van der Waals surface area contributed by atoms with Crippen molar-refractivity contribution in [3.05, 3.63) is 77.9 Å². The lowest BCUT2D eigenvalue weighted by atomic mass is 10.0. The molecule has 0 spiro atoms. The molecule has 0 saturated carbocycles. The van der Waals surface area contributed by atoms with E-state index in [0.29, 0.717) is 5.82 Å². The van der Waals surface area contributed by atoms with Crippen molar-refractivity contribution in [2.24, 2.45) is 0 Å². The number of benzene rings is 2. The molecule has 0 aliphatic carbocycles. The molecule has 0 saturated heterocycles. The van der Waals surface area contributed by atoms with E-state index in [0.717, 1.165) is 16.7 Å². The first-order valence-corrected chi connectivity index (χ1v) is 7.01. The number of tetrazole rings is 1. The smallest absolute Gasteiger partial charge is 0.177 e. The number of hydrogen-bond donors (Lipinski definition) is 1. The summed E-state index contributed by atoms with van der Waals surface area (Å²) in [5.41, 5.74) is 5.40. The Kier molecular flexibility index (Phi) is 3.92. The average Bonchev–Trinajstić information content (AvgIpc) is 3.08. The zero-order valence-electron chi connectivity index (χ0n) is 12.3. The zero-order valence-corrected chi connectivity index (χ0v) is 12.3. The van der Waals surface area contributed by atoms with Crippen LogP contribution in [0.2, 0.25) is 0 Å². The number of nitrogens with one attached hydrogen (secondary N) is 1. The zero-order chi connectivity index (χ0) is 15.4. The Morgan fingerprint density at radius 3 is 2.55 bits per heavy atom. The minimum atomic E-state index is 0.590. The van der Waals surface area contributed by atoms with Crippen molar-refractivity contribution in [3.8, 4) is 11.4 Å². The molecule has 0 aliphatic heterocycles. The number of aromatic nitrogens is 4. The van der Waals surface area contributed by atoms with Gasteiger partial charge in [-0.3, -0.25) is 0 Å². The molecule has 0 atom stereocenters. The fraction of sp³-hybridized carbons (Fsp3) is 0.0556. The van der Waals surface area contributed by atoms with Crippen LogP contribution in [-0.4, -0.2) is 20.6 Å². The van der Waals surface area contributed by atoms with Crippen LogP contribution in [-0.2, 0) is 0 Å². The van der Waals surface area contributed by atoms with E-state index in [-0.39, 0.29) is 0 Å². The molecule has 4 heteroatoms. The summed E-state index contributed by atoms with van der Waals surface area (Å²) < 4.78 is 0. The summed E-state index contributed by atoms with van der Waals surface area (Å²) >= 11 is 0. The Balaban J connectivity index is 1.77. The van der Waals surface area contributed by atoms with Crippen LogP contribution in [0.5, 0.6) is 0 Å². The lowest BCUT2D eigenvalue weighted by molar-refractivity contribution is 0.881. The molecule has 1 heterocycles. The van der Waals surface area contributed by atoms with Gasteiger partial charge in [0.2, 0.25) is 5.82 Å². The van der Waals surface area contributed by atoms with Gasteiger partial charge in [-0.2, -0.15) is 5.21 Å². The van der Waals surface area contributed by atoms with Crippen LogP contribution in [0.3, 0.4) is 0 Å². The molecule has 3 rings (SSSR count). The van der Waals surface area contributed by atoms with Gasteiger partial charge < -0.3 is 0 Å². The number of rotatable bonds is 4.